The number of rotatable bonds is 18. The van der Waals surface area contributed by atoms with Crippen LogP contribution in [0.15, 0.2) is 24.3 Å². The van der Waals surface area contributed by atoms with Crippen molar-refractivity contribution in [2.75, 3.05) is 0 Å². The van der Waals surface area contributed by atoms with Crippen molar-refractivity contribution in [2.24, 2.45) is 5.73 Å². The van der Waals surface area contributed by atoms with Gasteiger partial charge >= 0.3 is 0 Å². The summed E-state index contributed by atoms with van der Waals surface area (Å²) in [7, 11) is 0. The van der Waals surface area contributed by atoms with Gasteiger partial charge in [-0.15, -0.1) is 0 Å². The molecule has 0 spiro atoms. The van der Waals surface area contributed by atoms with Crippen LogP contribution < -0.4 is 10.5 Å². The van der Waals surface area contributed by atoms with Crippen LogP contribution in [0.1, 0.15) is 109 Å². The van der Waals surface area contributed by atoms with Gasteiger partial charge in [0.1, 0.15) is 5.75 Å². The molecule has 1 atom stereocenters. The van der Waals surface area contributed by atoms with Crippen molar-refractivity contribution in [3.8, 4) is 5.75 Å². The molecule has 160 valence electrons. The molecule has 1 unspecified atom stereocenters. The summed E-state index contributed by atoms with van der Waals surface area (Å²) in [5, 5.41) is 0. The summed E-state index contributed by atoms with van der Waals surface area (Å²) in [5.41, 5.74) is 6.64. The second kappa shape index (κ2) is 16.4. The summed E-state index contributed by atoms with van der Waals surface area (Å²) in [6.07, 6.45) is 19.0. The van der Waals surface area contributed by atoms with Crippen LogP contribution in [0.5, 0.6) is 5.75 Å². The smallest absolute Gasteiger partial charge is 0.258 e. The fourth-order valence-corrected chi connectivity index (χ4v) is 3.63. The average molecular weight is 390 g/mol. The van der Waals surface area contributed by atoms with E-state index in [0.29, 0.717) is 6.42 Å². The second-order valence-electron chi connectivity index (χ2n) is 8.06. The Morgan fingerprint density at radius 1 is 0.857 bits per heavy atom. The van der Waals surface area contributed by atoms with Crippen LogP contribution in [0.3, 0.4) is 0 Å². The first-order valence-corrected chi connectivity index (χ1v) is 11.7. The van der Waals surface area contributed by atoms with E-state index in [1.807, 2.05) is 25.1 Å². The molecule has 2 N–H and O–H groups in total. The van der Waals surface area contributed by atoms with Gasteiger partial charge in [0, 0.05) is 0 Å². The van der Waals surface area contributed by atoms with Crippen molar-refractivity contribution in [2.45, 2.75) is 116 Å². The standard InChI is InChI=1S/C25H43NO2/c1-3-5-6-7-8-9-10-11-12-13-14-15-16-18-22-19-17-20-23(21-22)28-24(4-2)25(26)27/h17,19-21,24H,3-16,18H2,1-2H3,(H2,26,27). The molecule has 3 heteroatoms. The van der Waals surface area contributed by atoms with Crippen LogP contribution in [-0.4, -0.2) is 12.0 Å². The summed E-state index contributed by atoms with van der Waals surface area (Å²) in [5.74, 6) is 0.349. The Morgan fingerprint density at radius 2 is 1.39 bits per heavy atom. The Kier molecular flexibility index (Phi) is 14.4. The number of carbonyl (C=O) groups is 1. The molecule has 0 aliphatic heterocycles. The van der Waals surface area contributed by atoms with Crippen LogP contribution >= 0.6 is 0 Å². The molecule has 0 saturated carbocycles. The highest BCUT2D eigenvalue weighted by molar-refractivity contribution is 5.79. The first kappa shape index (κ1) is 24.5. The Hall–Kier alpha value is -1.51. The SMILES string of the molecule is CCCCCCCCCCCCCCCc1cccc(OC(CC)C(N)=O)c1. The van der Waals surface area contributed by atoms with Crippen molar-refractivity contribution >= 4 is 5.91 Å². The molecule has 0 bridgehead atoms. The van der Waals surface area contributed by atoms with E-state index in [1.54, 1.807) is 0 Å². The fraction of sp³-hybridized carbons (Fsp3) is 0.720. The van der Waals surface area contributed by atoms with Gasteiger partial charge in [-0.25, -0.2) is 0 Å². The van der Waals surface area contributed by atoms with Gasteiger partial charge in [-0.05, 0) is 37.0 Å². The molecule has 1 aromatic carbocycles. The minimum Gasteiger partial charge on any atom is -0.481 e. The minimum absolute atomic E-state index is 0.399. The Balaban J connectivity index is 2.04. The number of nitrogens with two attached hydrogens (primary N) is 1. The summed E-state index contributed by atoms with van der Waals surface area (Å²) in [4.78, 5) is 11.3. The third kappa shape index (κ3) is 12.0. The Bertz CT molecular complexity index is 515. The van der Waals surface area contributed by atoms with Gasteiger partial charge in [0.2, 0.25) is 0 Å². The number of ether oxygens (including phenoxy) is 1. The van der Waals surface area contributed by atoms with Gasteiger partial charge in [0.15, 0.2) is 6.10 Å². The minimum atomic E-state index is -0.536. The van der Waals surface area contributed by atoms with Gasteiger partial charge in [-0.2, -0.15) is 0 Å². The molecule has 28 heavy (non-hydrogen) atoms. The van der Waals surface area contributed by atoms with Crippen LogP contribution in [0.25, 0.3) is 0 Å². The number of aryl methyl sites for hydroxylation is 1. The first-order valence-electron chi connectivity index (χ1n) is 11.7. The van der Waals surface area contributed by atoms with Crippen molar-refractivity contribution in [1.82, 2.24) is 0 Å². The van der Waals surface area contributed by atoms with Gasteiger partial charge < -0.3 is 10.5 Å². The maximum atomic E-state index is 11.3. The molecule has 1 aromatic rings. The van der Waals surface area contributed by atoms with E-state index in [4.69, 9.17) is 10.5 Å². The number of carbonyl (C=O) groups excluding carboxylic acids is 1. The van der Waals surface area contributed by atoms with Gasteiger partial charge in [0.05, 0.1) is 0 Å². The molecule has 0 radical (unpaired) electrons. The van der Waals surface area contributed by atoms with Crippen LogP contribution in [-0.2, 0) is 11.2 Å². The molecule has 3 nitrogen and oxygen atoms in total. The molecule has 0 aromatic heterocycles. The lowest BCUT2D eigenvalue weighted by Gasteiger charge is -2.14. The van der Waals surface area contributed by atoms with E-state index >= 15 is 0 Å². The number of hydrogen-bond donors (Lipinski definition) is 1. The maximum absolute atomic E-state index is 11.3. The van der Waals surface area contributed by atoms with E-state index < -0.39 is 12.0 Å². The normalized spacial score (nSPS) is 12.1. The number of benzene rings is 1. The van der Waals surface area contributed by atoms with Crippen LogP contribution in [0, 0.1) is 0 Å². The lowest BCUT2D eigenvalue weighted by Crippen LogP contribution is -2.32. The van der Waals surface area contributed by atoms with Crippen molar-refractivity contribution in [3.05, 3.63) is 29.8 Å². The van der Waals surface area contributed by atoms with E-state index in [-0.39, 0.29) is 0 Å². The van der Waals surface area contributed by atoms with Crippen molar-refractivity contribution in [1.29, 1.82) is 0 Å². The molecule has 1 rings (SSSR count). The summed E-state index contributed by atoms with van der Waals surface area (Å²) in [6.45, 7) is 4.19. The van der Waals surface area contributed by atoms with Crippen LogP contribution in [0.2, 0.25) is 0 Å². The Morgan fingerprint density at radius 3 is 1.89 bits per heavy atom. The predicted octanol–water partition coefficient (Wildman–Crippen LogP) is 6.96. The number of primary amides is 1. The zero-order valence-corrected chi connectivity index (χ0v) is 18.4. The number of hydrogen-bond acceptors (Lipinski definition) is 2. The summed E-state index contributed by atoms with van der Waals surface area (Å²) in [6, 6.07) is 8.09. The van der Waals surface area contributed by atoms with Crippen molar-refractivity contribution < 1.29 is 9.53 Å². The Labute approximate surface area is 173 Å². The highest BCUT2D eigenvalue weighted by Crippen LogP contribution is 2.18. The highest BCUT2D eigenvalue weighted by atomic mass is 16.5. The molecule has 0 saturated heterocycles. The highest BCUT2D eigenvalue weighted by Gasteiger charge is 2.14. The predicted molar refractivity (Wildman–Crippen MR) is 120 cm³/mol. The molecule has 0 heterocycles. The average Bonchev–Trinajstić information content (AvgIpc) is 2.69. The quantitative estimate of drug-likeness (QED) is 0.276. The lowest BCUT2D eigenvalue weighted by molar-refractivity contribution is -0.124. The molecular formula is C25H43NO2. The topological polar surface area (TPSA) is 52.3 Å². The third-order valence-electron chi connectivity index (χ3n) is 5.43. The van der Waals surface area contributed by atoms with E-state index in [1.165, 1.54) is 89.0 Å². The fourth-order valence-electron chi connectivity index (χ4n) is 3.63. The number of amides is 1. The van der Waals surface area contributed by atoms with Gasteiger partial charge in [-0.1, -0.05) is 103 Å². The number of unbranched alkanes of at least 4 members (excludes halogenated alkanes) is 12. The summed E-state index contributed by atoms with van der Waals surface area (Å²) >= 11 is 0. The molecule has 1 amide bonds. The third-order valence-corrected chi connectivity index (χ3v) is 5.43. The zero-order valence-electron chi connectivity index (χ0n) is 18.4. The maximum Gasteiger partial charge on any atom is 0.258 e. The summed E-state index contributed by atoms with van der Waals surface area (Å²) < 4.78 is 5.71. The van der Waals surface area contributed by atoms with Gasteiger partial charge in [0.25, 0.3) is 5.91 Å². The largest absolute Gasteiger partial charge is 0.481 e. The van der Waals surface area contributed by atoms with E-state index in [2.05, 4.69) is 13.0 Å². The van der Waals surface area contributed by atoms with Crippen LogP contribution in [0.4, 0.5) is 0 Å². The molecular weight excluding hydrogens is 346 g/mol. The molecule has 0 aliphatic rings. The zero-order chi connectivity index (χ0) is 20.5. The van der Waals surface area contributed by atoms with Gasteiger partial charge in [-0.3, -0.25) is 4.79 Å². The second-order valence-corrected chi connectivity index (χ2v) is 8.06. The first-order chi connectivity index (χ1) is 13.7. The van der Waals surface area contributed by atoms with Crippen molar-refractivity contribution in [3.63, 3.8) is 0 Å². The molecule has 0 aliphatic carbocycles. The lowest BCUT2D eigenvalue weighted by atomic mass is 10.0. The van der Waals surface area contributed by atoms with E-state index in [9.17, 15) is 4.79 Å². The van der Waals surface area contributed by atoms with E-state index in [0.717, 1.165) is 12.2 Å². The molecule has 0 fully saturated rings. The monoisotopic (exact) mass is 389 g/mol.